The maximum Gasteiger partial charge on any atom is 0.149 e. The minimum absolute atomic E-state index is 0.0267. The Morgan fingerprint density at radius 1 is 0.538 bits per heavy atom. The maximum atomic E-state index is 11.8. The van der Waals surface area contributed by atoms with Crippen molar-refractivity contribution in [2.45, 2.75) is 78.6 Å². The van der Waals surface area contributed by atoms with Crippen molar-refractivity contribution in [2.75, 3.05) is 0 Å². The van der Waals surface area contributed by atoms with Crippen molar-refractivity contribution in [2.24, 2.45) is 0 Å². The van der Waals surface area contributed by atoms with Crippen LogP contribution in [0.3, 0.4) is 0 Å². The fourth-order valence-corrected chi connectivity index (χ4v) is 6.84. The van der Waals surface area contributed by atoms with Crippen molar-refractivity contribution in [1.29, 1.82) is 0 Å². The molecule has 0 unspecified atom stereocenters. The zero-order valence-electron chi connectivity index (χ0n) is 31.8. The van der Waals surface area contributed by atoms with Crippen molar-refractivity contribution in [3.8, 4) is 56.5 Å². The van der Waals surface area contributed by atoms with Gasteiger partial charge in [-0.2, -0.15) is 0 Å². The number of aromatic hydroxyl groups is 1. The van der Waals surface area contributed by atoms with Gasteiger partial charge in [0.25, 0.3) is 0 Å². The molecule has 7 aromatic rings. The first-order chi connectivity index (χ1) is 24.6. The largest absolute Gasteiger partial charge is 0.507 e. The molecule has 3 heterocycles. The van der Waals surface area contributed by atoms with Gasteiger partial charge >= 0.3 is 0 Å². The van der Waals surface area contributed by atoms with Crippen LogP contribution in [-0.4, -0.2) is 24.6 Å². The topological polar surface area (TPSA) is 63.8 Å². The molecule has 7 rings (SSSR count). The maximum absolute atomic E-state index is 11.8. The van der Waals surface area contributed by atoms with Crippen molar-refractivity contribution in [3.05, 3.63) is 138 Å². The molecular weight excluding hydrogens is 637 g/mol. The van der Waals surface area contributed by atoms with Crippen molar-refractivity contribution in [3.63, 3.8) is 0 Å². The van der Waals surface area contributed by atoms with E-state index in [2.05, 4.69) is 121 Å². The van der Waals surface area contributed by atoms with Crippen LogP contribution in [0.1, 0.15) is 79.0 Å². The van der Waals surface area contributed by atoms with E-state index in [9.17, 15) is 5.11 Å². The number of para-hydroxylation sites is 2. The molecule has 0 saturated heterocycles. The first-order valence-corrected chi connectivity index (χ1v) is 18.1. The van der Waals surface area contributed by atoms with E-state index in [1.165, 1.54) is 11.1 Å². The second kappa shape index (κ2) is 12.9. The van der Waals surface area contributed by atoms with Gasteiger partial charge in [0.15, 0.2) is 0 Å². The standard InChI is InChI=1S/C47H48N4O/c1-45(2,3)34-27-31(28-35(29-34)46(4,5)6)30-24-32(39-20-13-14-22-48-39)26-33(25-30)41-42-40(21-23-49-41)51(36-16-11-10-12-17-36)44(50-42)37-18-15-19-38(43(37)52)47(7,8)9/h10-29,52H,1-9H3. The summed E-state index contributed by atoms with van der Waals surface area (Å²) in [6.45, 7) is 20.0. The van der Waals surface area contributed by atoms with E-state index in [-0.39, 0.29) is 22.0 Å². The summed E-state index contributed by atoms with van der Waals surface area (Å²) in [5.41, 5.74) is 12.3. The molecule has 0 aliphatic rings. The fourth-order valence-electron chi connectivity index (χ4n) is 6.84. The summed E-state index contributed by atoms with van der Waals surface area (Å²) >= 11 is 0. The van der Waals surface area contributed by atoms with Gasteiger partial charge in [-0.05, 0) is 98.7 Å². The monoisotopic (exact) mass is 684 g/mol. The lowest BCUT2D eigenvalue weighted by atomic mass is 9.78. The molecule has 0 bridgehead atoms. The Hall–Kier alpha value is -5.55. The summed E-state index contributed by atoms with van der Waals surface area (Å²) < 4.78 is 2.13. The lowest BCUT2D eigenvalue weighted by molar-refractivity contribution is 0.448. The van der Waals surface area contributed by atoms with Gasteiger partial charge < -0.3 is 5.11 Å². The smallest absolute Gasteiger partial charge is 0.149 e. The van der Waals surface area contributed by atoms with Gasteiger partial charge in [-0.15, -0.1) is 0 Å². The molecule has 1 N–H and O–H groups in total. The number of fused-ring (bicyclic) bond motifs is 1. The minimum atomic E-state index is -0.254. The van der Waals surface area contributed by atoms with E-state index >= 15 is 0 Å². The molecule has 0 aliphatic heterocycles. The lowest BCUT2D eigenvalue weighted by Gasteiger charge is -2.26. The van der Waals surface area contributed by atoms with Crippen LogP contribution < -0.4 is 0 Å². The number of aromatic nitrogens is 4. The molecule has 52 heavy (non-hydrogen) atoms. The highest BCUT2D eigenvalue weighted by Gasteiger charge is 2.26. The third-order valence-electron chi connectivity index (χ3n) is 9.84. The molecule has 0 fully saturated rings. The molecule has 262 valence electrons. The number of benzene rings is 4. The zero-order valence-corrected chi connectivity index (χ0v) is 31.8. The SMILES string of the molecule is CC(C)(C)c1cc(-c2cc(-c3ccccn3)cc(-c3nccc4c3nc(-c3cccc(C(C)(C)C)c3O)n4-c3ccccc3)c2)cc(C(C)(C)C)c1. The lowest BCUT2D eigenvalue weighted by Crippen LogP contribution is -2.16. The minimum Gasteiger partial charge on any atom is -0.507 e. The van der Waals surface area contributed by atoms with Crippen LogP contribution in [0.15, 0.2) is 122 Å². The average Bonchev–Trinajstić information content (AvgIpc) is 3.50. The number of phenols is 1. The van der Waals surface area contributed by atoms with Gasteiger partial charge in [0.2, 0.25) is 0 Å². The molecule has 0 radical (unpaired) electrons. The van der Waals surface area contributed by atoms with Gasteiger partial charge in [0.05, 0.1) is 22.5 Å². The zero-order chi connectivity index (χ0) is 37.0. The number of hydrogen-bond acceptors (Lipinski definition) is 4. The van der Waals surface area contributed by atoms with Crippen LogP contribution in [0.25, 0.3) is 61.8 Å². The normalized spacial score (nSPS) is 12.4. The highest BCUT2D eigenvalue weighted by atomic mass is 16.3. The second-order valence-electron chi connectivity index (χ2n) is 16.9. The summed E-state index contributed by atoms with van der Waals surface area (Å²) in [5, 5.41) is 11.8. The summed E-state index contributed by atoms with van der Waals surface area (Å²) in [5.74, 6) is 0.901. The third-order valence-corrected chi connectivity index (χ3v) is 9.84. The van der Waals surface area contributed by atoms with E-state index < -0.39 is 0 Å². The molecule has 0 spiro atoms. The van der Waals surface area contributed by atoms with E-state index in [1.807, 2.05) is 67.0 Å². The Bertz CT molecular complexity index is 2370. The van der Waals surface area contributed by atoms with Crippen LogP contribution in [0.4, 0.5) is 0 Å². The Balaban J connectivity index is 1.53. The van der Waals surface area contributed by atoms with Gasteiger partial charge in [-0.25, -0.2) is 4.98 Å². The Morgan fingerprint density at radius 3 is 1.81 bits per heavy atom. The predicted octanol–water partition coefficient (Wildman–Crippen LogP) is 12.1. The highest BCUT2D eigenvalue weighted by Crippen LogP contribution is 2.42. The van der Waals surface area contributed by atoms with Crippen LogP contribution >= 0.6 is 0 Å². The number of pyridine rings is 2. The van der Waals surface area contributed by atoms with Crippen LogP contribution in [0.5, 0.6) is 5.75 Å². The third kappa shape index (κ3) is 6.64. The van der Waals surface area contributed by atoms with E-state index in [4.69, 9.17) is 15.0 Å². The molecule has 0 saturated carbocycles. The number of phenolic OH excluding ortho intramolecular Hbond substituents is 1. The van der Waals surface area contributed by atoms with Crippen LogP contribution in [0, 0.1) is 0 Å². The highest BCUT2D eigenvalue weighted by molar-refractivity contribution is 5.95. The molecule has 0 aliphatic carbocycles. The van der Waals surface area contributed by atoms with E-state index in [0.717, 1.165) is 55.9 Å². The van der Waals surface area contributed by atoms with E-state index in [1.54, 1.807) is 0 Å². The summed E-state index contributed by atoms with van der Waals surface area (Å²) in [4.78, 5) is 15.1. The summed E-state index contributed by atoms with van der Waals surface area (Å²) in [7, 11) is 0. The van der Waals surface area contributed by atoms with Gasteiger partial charge in [0, 0.05) is 29.2 Å². The Morgan fingerprint density at radius 2 is 1.17 bits per heavy atom. The summed E-state index contributed by atoms with van der Waals surface area (Å²) in [6, 6.07) is 37.9. The number of rotatable bonds is 5. The van der Waals surface area contributed by atoms with Gasteiger partial charge in [-0.1, -0.05) is 117 Å². The van der Waals surface area contributed by atoms with Crippen molar-refractivity contribution in [1.82, 2.24) is 19.5 Å². The van der Waals surface area contributed by atoms with Crippen molar-refractivity contribution < 1.29 is 5.11 Å². The van der Waals surface area contributed by atoms with Crippen molar-refractivity contribution >= 4 is 11.0 Å². The molecule has 4 aromatic carbocycles. The Labute approximate surface area is 308 Å². The number of nitrogens with zero attached hydrogens (tertiary/aromatic N) is 4. The quantitative estimate of drug-likeness (QED) is 0.196. The van der Waals surface area contributed by atoms with E-state index in [0.29, 0.717) is 11.4 Å². The summed E-state index contributed by atoms with van der Waals surface area (Å²) in [6.07, 6.45) is 3.70. The van der Waals surface area contributed by atoms with Gasteiger partial charge in [-0.3, -0.25) is 14.5 Å². The molecule has 5 nitrogen and oxygen atoms in total. The first kappa shape index (κ1) is 34.9. The Kier molecular flexibility index (Phi) is 8.65. The van der Waals surface area contributed by atoms with Gasteiger partial charge in [0.1, 0.15) is 17.1 Å². The number of imidazole rings is 1. The molecule has 0 amide bonds. The van der Waals surface area contributed by atoms with Crippen LogP contribution in [-0.2, 0) is 16.2 Å². The second-order valence-corrected chi connectivity index (χ2v) is 16.9. The first-order valence-electron chi connectivity index (χ1n) is 18.1. The fraction of sp³-hybridized carbons (Fsp3) is 0.255. The molecule has 0 atom stereocenters. The molecular formula is C47H48N4O. The predicted molar refractivity (Wildman–Crippen MR) is 216 cm³/mol. The number of hydrogen-bond donors (Lipinski definition) is 1. The van der Waals surface area contributed by atoms with Crippen LogP contribution in [0.2, 0.25) is 0 Å². The molecule has 5 heteroatoms. The molecule has 3 aromatic heterocycles. The average molecular weight is 685 g/mol.